The minimum atomic E-state index is -1.63. The number of unbranched alkanes of at least 4 members (excludes halogenated alkanes) is 19. The summed E-state index contributed by atoms with van der Waals surface area (Å²) in [6, 6.07) is -1.05. The molecule has 8 atom stereocenters. The van der Waals surface area contributed by atoms with Crippen molar-refractivity contribution in [2.45, 2.75) is 262 Å². The van der Waals surface area contributed by atoms with Crippen molar-refractivity contribution in [2.24, 2.45) is 0 Å². The maximum atomic E-state index is 13.4. The van der Waals surface area contributed by atoms with Crippen molar-refractivity contribution < 1.29 is 49.3 Å². The molecule has 1 fully saturated rings. The van der Waals surface area contributed by atoms with Crippen LogP contribution in [-0.4, -0.2) is 99.6 Å². The summed E-state index contributed by atoms with van der Waals surface area (Å²) in [5, 5.41) is 56.9. The molecule has 11 nitrogen and oxygen atoms in total. The van der Waals surface area contributed by atoms with Crippen LogP contribution in [0.2, 0.25) is 0 Å². The SMILES string of the molecule is CC/C=C\C/C=C\C/C=C\C/C=C\C/C=C\CCCCCCC(O)C(=O)NC(COC1OC(CO)C(O)C(O)C1OC(=O)CCCCCCC\C=C/C=C/C=C/C=C/CC)C(O)/C=C/CCCCCCCCCCCC. The lowest BCUT2D eigenvalue weighted by Crippen LogP contribution is -2.61. The molecule has 0 spiro atoms. The molecule has 1 heterocycles. The second-order valence-corrected chi connectivity index (χ2v) is 20.1. The number of allylic oxidation sites excluding steroid dienone is 19. The molecule has 0 bridgehead atoms. The zero-order chi connectivity index (χ0) is 55.4. The summed E-state index contributed by atoms with van der Waals surface area (Å²) in [6.45, 7) is 5.49. The number of aliphatic hydroxyl groups is 5. The van der Waals surface area contributed by atoms with E-state index in [2.05, 4.69) is 99.0 Å². The van der Waals surface area contributed by atoms with Gasteiger partial charge in [0.1, 0.15) is 24.4 Å². The number of amides is 1. The summed E-state index contributed by atoms with van der Waals surface area (Å²) in [7, 11) is 0. The quantitative estimate of drug-likeness (QED) is 0.0149. The van der Waals surface area contributed by atoms with Gasteiger partial charge >= 0.3 is 5.97 Å². The highest BCUT2D eigenvalue weighted by Crippen LogP contribution is 2.26. The van der Waals surface area contributed by atoms with E-state index < -0.39 is 67.4 Å². The smallest absolute Gasteiger partial charge is 0.306 e. The number of hydrogen-bond acceptors (Lipinski definition) is 10. The molecule has 1 saturated heterocycles. The van der Waals surface area contributed by atoms with Gasteiger partial charge < -0.3 is 45.1 Å². The van der Waals surface area contributed by atoms with Crippen LogP contribution in [0.25, 0.3) is 0 Å². The second kappa shape index (κ2) is 51.8. The Hall–Kier alpha value is -3.94. The van der Waals surface area contributed by atoms with Gasteiger partial charge in [-0.3, -0.25) is 9.59 Å². The van der Waals surface area contributed by atoms with Crippen LogP contribution in [-0.2, 0) is 23.8 Å². The van der Waals surface area contributed by atoms with Crippen LogP contribution in [0.3, 0.4) is 0 Å². The highest BCUT2D eigenvalue weighted by Gasteiger charge is 2.47. The van der Waals surface area contributed by atoms with Gasteiger partial charge in [-0.15, -0.1) is 0 Å². The van der Waals surface area contributed by atoms with E-state index in [1.165, 1.54) is 44.9 Å². The highest BCUT2D eigenvalue weighted by molar-refractivity contribution is 5.80. The molecule has 1 aliphatic heterocycles. The van der Waals surface area contributed by atoms with Crippen molar-refractivity contribution in [1.29, 1.82) is 0 Å². The topological polar surface area (TPSA) is 175 Å². The molecule has 0 aromatic heterocycles. The van der Waals surface area contributed by atoms with E-state index in [9.17, 15) is 35.1 Å². The molecule has 0 saturated carbocycles. The number of rotatable bonds is 48. The molecule has 0 aromatic carbocycles. The van der Waals surface area contributed by atoms with Gasteiger partial charge in [0.2, 0.25) is 5.91 Å². The summed E-state index contributed by atoms with van der Waals surface area (Å²) in [5.41, 5.74) is 0. The average molecular weight is 1060 g/mol. The molecule has 0 radical (unpaired) electrons. The number of ether oxygens (including phenoxy) is 3. The van der Waals surface area contributed by atoms with E-state index in [1.807, 2.05) is 42.5 Å². The Labute approximate surface area is 461 Å². The first-order chi connectivity index (χ1) is 37.2. The van der Waals surface area contributed by atoms with Gasteiger partial charge in [0.25, 0.3) is 0 Å². The van der Waals surface area contributed by atoms with Crippen molar-refractivity contribution in [2.75, 3.05) is 13.2 Å². The summed E-state index contributed by atoms with van der Waals surface area (Å²) >= 11 is 0. The van der Waals surface area contributed by atoms with Gasteiger partial charge in [-0.05, 0) is 89.9 Å². The Morgan fingerprint density at radius 2 is 1.01 bits per heavy atom. The fraction of sp³-hybridized carbons (Fsp3) is 0.662. The number of carbonyl (C=O) groups excluding carboxylic acids is 2. The molecule has 6 N–H and O–H groups in total. The van der Waals surface area contributed by atoms with E-state index in [0.29, 0.717) is 12.8 Å². The van der Waals surface area contributed by atoms with Gasteiger partial charge in [0, 0.05) is 6.42 Å². The van der Waals surface area contributed by atoms with Gasteiger partial charge in [-0.25, -0.2) is 0 Å². The Bertz CT molecular complexity index is 1690. The van der Waals surface area contributed by atoms with Gasteiger partial charge in [-0.1, -0.05) is 239 Å². The monoisotopic (exact) mass is 1060 g/mol. The van der Waals surface area contributed by atoms with Gasteiger partial charge in [-0.2, -0.15) is 0 Å². The van der Waals surface area contributed by atoms with Crippen LogP contribution in [0, 0.1) is 0 Å². The Morgan fingerprint density at radius 1 is 0.539 bits per heavy atom. The molecule has 76 heavy (non-hydrogen) atoms. The standard InChI is InChI=1S/C65H107NO10/c1-4-7-10-13-16-19-22-25-27-28-29-30-31-33-34-37-40-43-46-49-52-58(69)64(73)66-56(57(68)51-48-45-42-39-36-24-21-18-15-12-9-6-3)55-74-65-63(62(72)61(71)59(54-67)75-65)76-60(70)53-50-47-44-41-38-35-32-26-23-20-17-14-11-8-5-2/h7-8,10-11,14,16-17,19-20,23,25-27,29-30,32-34,48,51,56-59,61-63,65,67-69,71-72H,4-6,9,12-13,15,18,21-22,24,28,31,35-47,49-50,52-55H2,1-3H3,(H,66,73)/b10-7-,11-8+,17-14+,19-16-,23-20+,27-25-,30-29-,32-26-,34-33-,51-48+. The molecular formula is C65H107NO10. The fourth-order valence-electron chi connectivity index (χ4n) is 8.51. The van der Waals surface area contributed by atoms with Crippen molar-refractivity contribution in [3.63, 3.8) is 0 Å². The van der Waals surface area contributed by atoms with Crippen LogP contribution < -0.4 is 5.32 Å². The fourth-order valence-corrected chi connectivity index (χ4v) is 8.51. The van der Waals surface area contributed by atoms with Crippen molar-refractivity contribution in [3.05, 3.63) is 122 Å². The van der Waals surface area contributed by atoms with Crippen LogP contribution in [0.15, 0.2) is 122 Å². The van der Waals surface area contributed by atoms with Gasteiger partial charge in [0.05, 0.1) is 25.4 Å². The number of esters is 1. The average Bonchev–Trinajstić information content (AvgIpc) is 3.42. The summed E-state index contributed by atoms with van der Waals surface area (Å²) < 4.78 is 17.6. The largest absolute Gasteiger partial charge is 0.454 e. The minimum Gasteiger partial charge on any atom is -0.454 e. The normalized spacial score (nSPS) is 20.0. The Kier molecular flexibility index (Phi) is 47.8. The highest BCUT2D eigenvalue weighted by atomic mass is 16.7. The lowest BCUT2D eigenvalue weighted by atomic mass is 9.99. The third kappa shape index (κ3) is 39.4. The molecule has 1 aliphatic rings. The van der Waals surface area contributed by atoms with Crippen LogP contribution in [0.4, 0.5) is 0 Å². The third-order valence-electron chi connectivity index (χ3n) is 13.2. The first-order valence-corrected chi connectivity index (χ1v) is 29.9. The molecule has 8 unspecified atom stereocenters. The predicted molar refractivity (Wildman–Crippen MR) is 314 cm³/mol. The summed E-state index contributed by atoms with van der Waals surface area (Å²) in [5.74, 6) is -1.25. The molecule has 0 aromatic rings. The van der Waals surface area contributed by atoms with Crippen molar-refractivity contribution in [3.8, 4) is 0 Å². The zero-order valence-electron chi connectivity index (χ0n) is 47.6. The maximum Gasteiger partial charge on any atom is 0.306 e. The molecular weight excluding hydrogens is 955 g/mol. The molecule has 0 aliphatic carbocycles. The number of aliphatic hydroxyl groups excluding tert-OH is 5. The lowest BCUT2D eigenvalue weighted by molar-refractivity contribution is -0.305. The van der Waals surface area contributed by atoms with Gasteiger partial charge in [0.15, 0.2) is 12.4 Å². The Balaban J connectivity index is 2.74. The third-order valence-corrected chi connectivity index (χ3v) is 13.2. The van der Waals surface area contributed by atoms with E-state index >= 15 is 0 Å². The number of hydrogen-bond donors (Lipinski definition) is 6. The van der Waals surface area contributed by atoms with E-state index in [1.54, 1.807) is 6.08 Å². The molecule has 432 valence electrons. The van der Waals surface area contributed by atoms with Crippen LogP contribution in [0.5, 0.6) is 0 Å². The summed E-state index contributed by atoms with van der Waals surface area (Å²) in [4.78, 5) is 26.5. The minimum absolute atomic E-state index is 0.0878. The number of nitrogens with one attached hydrogen (secondary N) is 1. The maximum absolute atomic E-state index is 13.4. The second-order valence-electron chi connectivity index (χ2n) is 20.1. The van der Waals surface area contributed by atoms with Crippen molar-refractivity contribution in [1.82, 2.24) is 5.32 Å². The molecule has 11 heteroatoms. The molecule has 1 amide bonds. The number of carbonyl (C=O) groups is 2. The molecule has 1 rings (SSSR count). The Morgan fingerprint density at radius 3 is 1.58 bits per heavy atom. The lowest BCUT2D eigenvalue weighted by Gasteiger charge is -2.41. The van der Waals surface area contributed by atoms with E-state index in [0.717, 1.165) is 122 Å². The zero-order valence-corrected chi connectivity index (χ0v) is 47.6. The van der Waals surface area contributed by atoms with E-state index in [4.69, 9.17) is 14.2 Å². The van der Waals surface area contributed by atoms with Crippen molar-refractivity contribution >= 4 is 11.9 Å². The first-order valence-electron chi connectivity index (χ1n) is 29.9. The first kappa shape index (κ1) is 70.1. The van der Waals surface area contributed by atoms with Crippen LogP contribution >= 0.6 is 0 Å². The van der Waals surface area contributed by atoms with Crippen LogP contribution in [0.1, 0.15) is 213 Å². The van der Waals surface area contributed by atoms with E-state index in [-0.39, 0.29) is 19.4 Å². The predicted octanol–water partition coefficient (Wildman–Crippen LogP) is 13.9. The summed E-state index contributed by atoms with van der Waals surface area (Å²) in [6.07, 6.45) is 60.9.